The second kappa shape index (κ2) is 6.05. The van der Waals surface area contributed by atoms with E-state index < -0.39 is 0 Å². The van der Waals surface area contributed by atoms with E-state index >= 15 is 0 Å². The molecule has 4 N–H and O–H groups in total. The van der Waals surface area contributed by atoms with E-state index in [9.17, 15) is 4.79 Å². The molecule has 5 nitrogen and oxygen atoms in total. The Hall–Kier alpha value is -2.04. The first-order valence-corrected chi connectivity index (χ1v) is 5.87. The van der Waals surface area contributed by atoms with Crippen LogP contribution in [0.15, 0.2) is 24.3 Å². The average Bonchev–Trinajstić information content (AvgIpc) is 2.25. The number of nitrogens with zero attached hydrogens (tertiary/aromatic N) is 1. The highest BCUT2D eigenvalue weighted by Gasteiger charge is 2.17. The molecule has 0 aliphatic rings. The largest absolute Gasteiger partial charge is 0.386 e. The molecule has 0 aliphatic heterocycles. The summed E-state index contributed by atoms with van der Waals surface area (Å²) in [5.41, 5.74) is 7.17. The monoisotopic (exact) mass is 248 g/mol. The van der Waals surface area contributed by atoms with E-state index in [1.165, 1.54) is 4.90 Å². The number of amides is 2. The van der Waals surface area contributed by atoms with Crippen molar-refractivity contribution in [1.29, 1.82) is 5.41 Å². The third-order valence-electron chi connectivity index (χ3n) is 2.49. The van der Waals surface area contributed by atoms with Crippen molar-refractivity contribution in [2.24, 2.45) is 5.73 Å². The van der Waals surface area contributed by atoms with Gasteiger partial charge in [-0.3, -0.25) is 5.41 Å². The Bertz CT molecular complexity index is 442. The lowest BCUT2D eigenvalue weighted by molar-refractivity contribution is 0.206. The maximum Gasteiger partial charge on any atom is 0.322 e. The summed E-state index contributed by atoms with van der Waals surface area (Å²) in [6, 6.07) is 7.31. The molecule has 18 heavy (non-hydrogen) atoms. The summed E-state index contributed by atoms with van der Waals surface area (Å²) in [7, 11) is 0. The number of hydrogen-bond acceptors (Lipinski definition) is 2. The number of rotatable bonds is 4. The molecule has 5 heteroatoms. The molecular weight excluding hydrogens is 228 g/mol. The van der Waals surface area contributed by atoms with Crippen LogP contribution < -0.4 is 11.1 Å². The minimum absolute atomic E-state index is 0.0151. The topological polar surface area (TPSA) is 82.2 Å². The Labute approximate surface area is 107 Å². The normalized spacial score (nSPS) is 10.2. The first-order valence-electron chi connectivity index (χ1n) is 5.87. The molecule has 0 fully saturated rings. The van der Waals surface area contributed by atoms with Gasteiger partial charge in [-0.15, -0.1) is 0 Å². The van der Waals surface area contributed by atoms with E-state index in [0.717, 1.165) is 11.3 Å². The van der Waals surface area contributed by atoms with Gasteiger partial charge in [0.2, 0.25) is 0 Å². The van der Waals surface area contributed by atoms with Gasteiger partial charge in [-0.2, -0.15) is 0 Å². The van der Waals surface area contributed by atoms with Gasteiger partial charge in [0.15, 0.2) is 0 Å². The molecule has 1 rings (SSSR count). The van der Waals surface area contributed by atoms with Gasteiger partial charge in [0.25, 0.3) is 0 Å². The molecule has 0 radical (unpaired) electrons. The number of nitrogens with one attached hydrogen (secondary N) is 2. The summed E-state index contributed by atoms with van der Waals surface area (Å²) in [5.74, 6) is -0.0249. The predicted octanol–water partition coefficient (Wildman–Crippen LogP) is 2.17. The first-order chi connectivity index (χ1) is 8.40. The SMILES string of the molecule is Cc1cccc(NC(=O)N(CC(=N)N)C(C)C)c1. The summed E-state index contributed by atoms with van der Waals surface area (Å²) in [6.07, 6.45) is 0. The average molecular weight is 248 g/mol. The predicted molar refractivity (Wildman–Crippen MR) is 74.0 cm³/mol. The number of aryl methyl sites for hydroxylation is 1. The standard InChI is InChI=1S/C13H20N4O/c1-9(2)17(8-12(14)15)13(18)16-11-6-4-5-10(3)7-11/h4-7,9H,8H2,1-3H3,(H3,14,15)(H,16,18). The van der Waals surface area contributed by atoms with Crippen molar-refractivity contribution >= 4 is 17.6 Å². The number of amidine groups is 1. The number of carbonyl (C=O) groups is 1. The Morgan fingerprint density at radius 1 is 1.50 bits per heavy atom. The molecule has 0 bridgehead atoms. The van der Waals surface area contributed by atoms with Gasteiger partial charge in [0.1, 0.15) is 5.84 Å². The van der Waals surface area contributed by atoms with Crippen molar-refractivity contribution < 1.29 is 4.79 Å². The van der Waals surface area contributed by atoms with Gasteiger partial charge in [0.05, 0.1) is 6.54 Å². The molecule has 0 heterocycles. The van der Waals surface area contributed by atoms with E-state index in [-0.39, 0.29) is 24.5 Å². The lowest BCUT2D eigenvalue weighted by Crippen LogP contribution is -2.44. The molecule has 98 valence electrons. The quantitative estimate of drug-likeness (QED) is 0.563. The molecular formula is C13H20N4O. The van der Waals surface area contributed by atoms with Gasteiger partial charge >= 0.3 is 6.03 Å². The van der Waals surface area contributed by atoms with Gasteiger partial charge in [-0.25, -0.2) is 4.79 Å². The minimum Gasteiger partial charge on any atom is -0.386 e. The number of benzene rings is 1. The summed E-state index contributed by atoms with van der Waals surface area (Å²) in [6.45, 7) is 5.87. The molecule has 1 aromatic carbocycles. The smallest absolute Gasteiger partial charge is 0.322 e. The van der Waals surface area contributed by atoms with Crippen LogP contribution in [0.25, 0.3) is 0 Å². The molecule has 0 saturated heterocycles. The maximum absolute atomic E-state index is 12.1. The molecule has 0 unspecified atom stereocenters. The third kappa shape index (κ3) is 4.08. The van der Waals surface area contributed by atoms with Crippen LogP contribution in [0.2, 0.25) is 0 Å². The second-order valence-corrected chi connectivity index (χ2v) is 4.55. The van der Waals surface area contributed by atoms with Crippen LogP contribution in [-0.4, -0.2) is 29.4 Å². The van der Waals surface area contributed by atoms with Crippen molar-refractivity contribution in [2.75, 3.05) is 11.9 Å². The maximum atomic E-state index is 12.1. The minimum atomic E-state index is -0.245. The molecule has 0 atom stereocenters. The van der Waals surface area contributed by atoms with Gasteiger partial charge in [0, 0.05) is 11.7 Å². The van der Waals surface area contributed by atoms with Crippen molar-refractivity contribution in [3.8, 4) is 0 Å². The molecule has 0 saturated carbocycles. The van der Waals surface area contributed by atoms with Crippen LogP contribution >= 0.6 is 0 Å². The van der Waals surface area contributed by atoms with Crippen LogP contribution in [0.3, 0.4) is 0 Å². The zero-order valence-electron chi connectivity index (χ0n) is 11.0. The van der Waals surface area contributed by atoms with E-state index in [4.69, 9.17) is 11.1 Å². The van der Waals surface area contributed by atoms with Crippen molar-refractivity contribution in [3.05, 3.63) is 29.8 Å². The Kier molecular flexibility index (Phi) is 4.71. The fourth-order valence-electron chi connectivity index (χ4n) is 1.59. The van der Waals surface area contributed by atoms with E-state index in [0.29, 0.717) is 0 Å². The Morgan fingerprint density at radius 2 is 2.17 bits per heavy atom. The van der Waals surface area contributed by atoms with Crippen LogP contribution in [0.1, 0.15) is 19.4 Å². The van der Waals surface area contributed by atoms with Crippen LogP contribution in [0, 0.1) is 12.3 Å². The highest BCUT2D eigenvalue weighted by Crippen LogP contribution is 2.11. The number of nitrogens with two attached hydrogens (primary N) is 1. The first kappa shape index (κ1) is 14.0. The van der Waals surface area contributed by atoms with Gasteiger partial charge in [-0.05, 0) is 38.5 Å². The summed E-state index contributed by atoms with van der Waals surface area (Å²) in [5, 5.41) is 10.1. The van der Waals surface area contributed by atoms with Crippen LogP contribution in [0.4, 0.5) is 10.5 Å². The molecule has 2 amide bonds. The molecule has 1 aromatic rings. The molecule has 0 aromatic heterocycles. The molecule has 0 spiro atoms. The summed E-state index contributed by atoms with van der Waals surface area (Å²) < 4.78 is 0. The third-order valence-corrected chi connectivity index (χ3v) is 2.49. The van der Waals surface area contributed by atoms with E-state index in [1.807, 2.05) is 45.0 Å². The van der Waals surface area contributed by atoms with Gasteiger partial charge < -0.3 is 16.0 Å². The number of carbonyl (C=O) groups excluding carboxylic acids is 1. The number of anilines is 1. The van der Waals surface area contributed by atoms with Crippen molar-refractivity contribution in [3.63, 3.8) is 0 Å². The number of hydrogen-bond donors (Lipinski definition) is 3. The Morgan fingerprint density at radius 3 is 2.67 bits per heavy atom. The lowest BCUT2D eigenvalue weighted by Gasteiger charge is -2.26. The fourth-order valence-corrected chi connectivity index (χ4v) is 1.59. The zero-order valence-corrected chi connectivity index (χ0v) is 11.0. The van der Waals surface area contributed by atoms with E-state index in [2.05, 4.69) is 5.32 Å². The van der Waals surface area contributed by atoms with Crippen molar-refractivity contribution in [2.45, 2.75) is 26.8 Å². The van der Waals surface area contributed by atoms with E-state index in [1.54, 1.807) is 0 Å². The van der Waals surface area contributed by atoms with Crippen LogP contribution in [-0.2, 0) is 0 Å². The Balaban J connectivity index is 2.75. The number of urea groups is 1. The van der Waals surface area contributed by atoms with Gasteiger partial charge in [-0.1, -0.05) is 12.1 Å². The van der Waals surface area contributed by atoms with Crippen LogP contribution in [0.5, 0.6) is 0 Å². The lowest BCUT2D eigenvalue weighted by atomic mass is 10.2. The summed E-state index contributed by atoms with van der Waals surface area (Å²) >= 11 is 0. The second-order valence-electron chi connectivity index (χ2n) is 4.55. The van der Waals surface area contributed by atoms with Crippen molar-refractivity contribution in [1.82, 2.24) is 4.90 Å². The highest BCUT2D eigenvalue weighted by molar-refractivity contribution is 5.92. The fraction of sp³-hybridized carbons (Fsp3) is 0.385. The highest BCUT2D eigenvalue weighted by atomic mass is 16.2. The summed E-state index contributed by atoms with van der Waals surface area (Å²) in [4.78, 5) is 13.6. The molecule has 0 aliphatic carbocycles. The zero-order chi connectivity index (χ0) is 13.7.